The quantitative estimate of drug-likeness (QED) is 0.0257. The third kappa shape index (κ3) is 12.7. The molecule has 1 saturated carbocycles. The van der Waals surface area contributed by atoms with Crippen molar-refractivity contribution in [3.8, 4) is 17.0 Å². The van der Waals surface area contributed by atoms with Crippen LogP contribution in [-0.2, 0) is 20.8 Å². The molecule has 1 aliphatic rings. The van der Waals surface area contributed by atoms with Crippen LogP contribution in [0.4, 0.5) is 17.1 Å². The van der Waals surface area contributed by atoms with Crippen molar-refractivity contribution in [2.24, 2.45) is 5.41 Å². The number of amides is 2. The summed E-state index contributed by atoms with van der Waals surface area (Å²) in [5.41, 5.74) is 1.85. The van der Waals surface area contributed by atoms with Gasteiger partial charge in [-0.05, 0) is 73.7 Å². The van der Waals surface area contributed by atoms with Gasteiger partial charge in [-0.25, -0.2) is 4.79 Å². The van der Waals surface area contributed by atoms with Crippen LogP contribution in [0, 0.1) is 5.41 Å². The van der Waals surface area contributed by atoms with Gasteiger partial charge in [0.25, 0.3) is 5.91 Å². The van der Waals surface area contributed by atoms with E-state index >= 15 is 0 Å². The minimum atomic E-state index is -1.52. The van der Waals surface area contributed by atoms with Crippen LogP contribution < -0.4 is 20.7 Å². The maximum Gasteiger partial charge on any atom is 0.339 e. The number of carboxylic acid groups (broad SMARTS) is 1. The van der Waals surface area contributed by atoms with Crippen LogP contribution in [0.25, 0.3) is 11.3 Å². The number of rotatable bonds is 25. The fourth-order valence-electron chi connectivity index (χ4n) is 7.60. The number of benzene rings is 4. The first-order valence-electron chi connectivity index (χ1n) is 21.6. The highest BCUT2D eigenvalue weighted by Crippen LogP contribution is 2.52. The zero-order valence-electron chi connectivity index (χ0n) is 35.1. The number of para-hydroxylation sites is 2. The molecule has 6 rings (SSSR count). The lowest BCUT2D eigenvalue weighted by Gasteiger charge is -2.23. The zero-order valence-corrected chi connectivity index (χ0v) is 36.6. The molecule has 1 aliphatic carbocycles. The molecule has 0 saturated heterocycles. The fourth-order valence-corrected chi connectivity index (χ4v) is 7.89. The summed E-state index contributed by atoms with van der Waals surface area (Å²) in [6, 6.07) is 26.6. The van der Waals surface area contributed by atoms with Gasteiger partial charge in [0.15, 0.2) is 18.6 Å². The van der Waals surface area contributed by atoms with Gasteiger partial charge in [-0.1, -0.05) is 143 Å². The summed E-state index contributed by atoms with van der Waals surface area (Å²) in [7, 11) is 0. The van der Waals surface area contributed by atoms with Gasteiger partial charge in [0, 0.05) is 34.3 Å². The summed E-state index contributed by atoms with van der Waals surface area (Å²) in [5, 5.41) is 24.5. The van der Waals surface area contributed by atoms with Crippen molar-refractivity contribution in [2.45, 2.75) is 103 Å². The Balaban J connectivity index is 1.11. The van der Waals surface area contributed by atoms with Crippen molar-refractivity contribution in [2.75, 3.05) is 22.7 Å². The Labute approximate surface area is 373 Å². The van der Waals surface area contributed by atoms with Gasteiger partial charge in [-0.15, -0.1) is 0 Å². The zero-order chi connectivity index (χ0) is 43.9. The largest absolute Gasteiger partial charge is 0.478 e. The van der Waals surface area contributed by atoms with Gasteiger partial charge in [-0.2, -0.15) is 5.10 Å². The SMILES string of the molecule is CCCCCCCCCCCCC(=O)Nc1ccccc1OCNc1ccc(Cl)c(NC(=O)C(C(=O)C2(Cc3ccc(Cl)cc3)CC2)n2cc(C(=O)O)c(-c3ccccc3)n2)c1. The monoisotopic (exact) mass is 879 g/mol. The number of carbonyl (C=O) groups is 4. The molecule has 62 heavy (non-hydrogen) atoms. The van der Waals surface area contributed by atoms with Crippen LogP contribution in [-0.4, -0.2) is 45.2 Å². The van der Waals surface area contributed by atoms with Crippen molar-refractivity contribution >= 4 is 63.8 Å². The molecule has 5 aromatic rings. The summed E-state index contributed by atoms with van der Waals surface area (Å²) >= 11 is 12.8. The lowest BCUT2D eigenvalue weighted by Crippen LogP contribution is -2.38. The van der Waals surface area contributed by atoms with Crippen LogP contribution in [0.1, 0.15) is 112 Å². The molecular formula is C49H55Cl2N5O6. The van der Waals surface area contributed by atoms with E-state index in [9.17, 15) is 24.3 Å². The highest BCUT2D eigenvalue weighted by molar-refractivity contribution is 6.34. The number of unbranched alkanes of at least 4 members (excludes halogenated alkanes) is 9. The summed E-state index contributed by atoms with van der Waals surface area (Å²) in [5.74, 6) is -1.94. The van der Waals surface area contributed by atoms with E-state index in [1.807, 2.05) is 24.3 Å². The second-order valence-electron chi connectivity index (χ2n) is 16.0. The normalized spacial score (nSPS) is 13.2. The van der Waals surface area contributed by atoms with Crippen molar-refractivity contribution in [3.63, 3.8) is 0 Å². The number of aromatic nitrogens is 2. The molecule has 1 heterocycles. The van der Waals surface area contributed by atoms with Gasteiger partial charge in [-0.3, -0.25) is 19.1 Å². The van der Waals surface area contributed by atoms with Crippen molar-refractivity contribution < 1.29 is 29.0 Å². The van der Waals surface area contributed by atoms with E-state index in [0.29, 0.717) is 53.4 Å². The molecule has 2 amide bonds. The number of carboxylic acids is 1. The summed E-state index contributed by atoms with van der Waals surface area (Å²) in [6.45, 7) is 2.25. The third-order valence-corrected chi connectivity index (χ3v) is 11.8. The summed E-state index contributed by atoms with van der Waals surface area (Å²) in [4.78, 5) is 54.3. The van der Waals surface area contributed by atoms with E-state index in [4.69, 9.17) is 27.9 Å². The molecule has 0 aliphatic heterocycles. The van der Waals surface area contributed by atoms with Gasteiger partial charge in [0.05, 0.1) is 16.4 Å². The molecule has 4 aromatic carbocycles. The standard InChI is InChI=1S/C49H55Cl2N5O6/c1-2-3-4-5-6-7-8-9-10-14-21-43(57)53-40-19-15-16-20-42(40)62-33-52-37-26-27-39(51)41(30-37)54-47(59)45(46(58)49(28-29-49)31-34-22-24-36(50)25-23-34)56-32-38(48(60)61)44(55-56)35-17-12-11-13-18-35/h11-13,15-20,22-27,30,32,45,52H,2-10,14,21,28-29,31,33H2,1H3,(H,53,57)(H,54,59)(H,60,61). The molecule has 326 valence electrons. The Kier molecular flexibility index (Phi) is 16.6. The Bertz CT molecular complexity index is 2290. The number of hydrogen-bond donors (Lipinski definition) is 4. The van der Waals surface area contributed by atoms with Crippen molar-refractivity contribution in [1.29, 1.82) is 0 Å². The first-order chi connectivity index (χ1) is 30.1. The Hall–Kier alpha value is -5.65. The number of anilines is 3. The Morgan fingerprint density at radius 2 is 1.45 bits per heavy atom. The van der Waals surface area contributed by atoms with Crippen LogP contribution in [0.3, 0.4) is 0 Å². The topological polar surface area (TPSA) is 152 Å². The second-order valence-corrected chi connectivity index (χ2v) is 16.9. The van der Waals surface area contributed by atoms with Crippen molar-refractivity contribution in [3.05, 3.63) is 124 Å². The number of carbonyl (C=O) groups excluding carboxylic acids is 3. The maximum atomic E-state index is 14.6. The lowest BCUT2D eigenvalue weighted by atomic mass is 9.88. The number of ether oxygens (including phenoxy) is 1. The van der Waals surface area contributed by atoms with E-state index in [-0.39, 0.29) is 34.6 Å². The predicted octanol–water partition coefficient (Wildman–Crippen LogP) is 12.0. The molecule has 13 heteroatoms. The van der Waals surface area contributed by atoms with E-state index in [0.717, 1.165) is 29.5 Å². The number of aromatic carboxylic acids is 1. The number of nitrogens with zero attached hydrogens (tertiary/aromatic N) is 2. The number of halogens is 2. The predicted molar refractivity (Wildman–Crippen MR) is 246 cm³/mol. The van der Waals surface area contributed by atoms with Crippen LogP contribution in [0.5, 0.6) is 5.75 Å². The molecular weight excluding hydrogens is 825 g/mol. The first-order valence-corrected chi connectivity index (χ1v) is 22.3. The molecule has 1 atom stereocenters. The molecule has 4 N–H and O–H groups in total. The van der Waals surface area contributed by atoms with Crippen molar-refractivity contribution in [1.82, 2.24) is 9.78 Å². The number of Topliss-reactive ketones (excluding diaryl/α,β-unsaturated/α-hetero) is 1. The van der Waals surface area contributed by atoms with E-state index < -0.39 is 29.1 Å². The fraction of sp³-hybridized carbons (Fsp3) is 0.367. The highest BCUT2D eigenvalue weighted by atomic mass is 35.5. The first kappa shape index (κ1) is 45.9. The number of nitrogens with one attached hydrogen (secondary N) is 3. The molecule has 0 spiro atoms. The molecule has 1 unspecified atom stereocenters. The Morgan fingerprint density at radius 1 is 0.790 bits per heavy atom. The van der Waals surface area contributed by atoms with E-state index in [1.54, 1.807) is 72.8 Å². The molecule has 0 radical (unpaired) electrons. The number of ketones is 1. The highest BCUT2D eigenvalue weighted by Gasteiger charge is 2.54. The minimum absolute atomic E-state index is 0.0161. The Morgan fingerprint density at radius 3 is 2.13 bits per heavy atom. The van der Waals surface area contributed by atoms with E-state index in [2.05, 4.69) is 28.0 Å². The molecule has 1 fully saturated rings. The average molecular weight is 881 g/mol. The summed E-state index contributed by atoms with van der Waals surface area (Å²) < 4.78 is 7.19. The van der Waals surface area contributed by atoms with Crippen LogP contribution >= 0.6 is 23.2 Å². The van der Waals surface area contributed by atoms with Gasteiger partial charge >= 0.3 is 5.97 Å². The molecule has 0 bridgehead atoms. The molecule has 11 nitrogen and oxygen atoms in total. The third-order valence-electron chi connectivity index (χ3n) is 11.2. The average Bonchev–Trinajstić information content (AvgIpc) is 3.92. The van der Waals surface area contributed by atoms with Gasteiger partial charge in [0.2, 0.25) is 5.91 Å². The van der Waals surface area contributed by atoms with Crippen LogP contribution in [0.2, 0.25) is 10.0 Å². The minimum Gasteiger partial charge on any atom is -0.478 e. The second kappa shape index (κ2) is 22.4. The van der Waals surface area contributed by atoms with Gasteiger partial charge < -0.3 is 25.8 Å². The molecule has 1 aromatic heterocycles. The van der Waals surface area contributed by atoms with Gasteiger partial charge in [0.1, 0.15) is 17.0 Å². The smallest absolute Gasteiger partial charge is 0.339 e. The van der Waals surface area contributed by atoms with Crippen LogP contribution in [0.15, 0.2) is 103 Å². The maximum absolute atomic E-state index is 14.6. The lowest BCUT2D eigenvalue weighted by molar-refractivity contribution is -0.134. The van der Waals surface area contributed by atoms with E-state index in [1.165, 1.54) is 51.1 Å². The summed E-state index contributed by atoms with van der Waals surface area (Å²) in [6.07, 6.45) is 15.1. The number of hydrogen-bond acceptors (Lipinski definition) is 7.